The van der Waals surface area contributed by atoms with E-state index < -0.39 is 0 Å². The minimum absolute atomic E-state index is 0.0308. The lowest BCUT2D eigenvalue weighted by Gasteiger charge is -2.37. The van der Waals surface area contributed by atoms with Crippen LogP contribution in [0, 0.1) is 5.92 Å². The summed E-state index contributed by atoms with van der Waals surface area (Å²) >= 11 is 0. The molecule has 2 aliphatic rings. The largest absolute Gasteiger partial charge is 0.483 e. The zero-order valence-corrected chi connectivity index (χ0v) is 19.3. The number of carbonyl (C=O) groups excluding carboxylic acids is 1. The molecule has 10 heteroatoms. The summed E-state index contributed by atoms with van der Waals surface area (Å²) in [6.45, 7) is 2.87. The number of nitrogens with zero attached hydrogens (tertiary/aromatic N) is 1. The fourth-order valence-corrected chi connectivity index (χ4v) is 4.35. The van der Waals surface area contributed by atoms with Crippen LogP contribution >= 0.6 is 0 Å². The Kier molecular flexibility index (Phi) is 14.5. The van der Waals surface area contributed by atoms with Gasteiger partial charge >= 0.3 is 0 Å². The van der Waals surface area contributed by atoms with Gasteiger partial charge in [-0.25, -0.2) is 4.98 Å². The van der Waals surface area contributed by atoms with E-state index in [0.717, 1.165) is 37.9 Å². The van der Waals surface area contributed by atoms with Gasteiger partial charge in [0.25, 0.3) is 12.9 Å². The highest BCUT2D eigenvalue weighted by atomic mass is 16.5. The Morgan fingerprint density at radius 1 is 1.21 bits per heavy atom. The summed E-state index contributed by atoms with van der Waals surface area (Å²) in [5.41, 5.74) is 6.74. The van der Waals surface area contributed by atoms with Crippen molar-refractivity contribution in [3.63, 3.8) is 0 Å². The molecular formula is C23H38N4O6. The average molecular weight is 467 g/mol. The van der Waals surface area contributed by atoms with Crippen molar-refractivity contribution in [2.45, 2.75) is 83.0 Å². The van der Waals surface area contributed by atoms with E-state index in [1.54, 1.807) is 6.20 Å². The summed E-state index contributed by atoms with van der Waals surface area (Å²) in [5.74, 6) is 0.629. The number of ether oxygens (including phenoxy) is 1. The van der Waals surface area contributed by atoms with Crippen LogP contribution in [-0.4, -0.2) is 58.8 Å². The number of amides is 1. The van der Waals surface area contributed by atoms with Crippen LogP contribution in [0.4, 0.5) is 5.82 Å². The van der Waals surface area contributed by atoms with Gasteiger partial charge < -0.3 is 31.3 Å². The third-order valence-corrected chi connectivity index (χ3v) is 5.88. The first-order valence-corrected chi connectivity index (χ1v) is 11.5. The standard InChI is InChI=1S/C21H34N4O2.2CH2O2/c1-2-12-27-19-10-9-15(13-18(19)25-17-7-3-4-8-17)21(26)24-14-16-6-5-11-23-20(16)22;2*2-1-3/h5-6,11,15,17-19,25H,2-4,7-10,12-14H2,1H3,(H2,22,23)(H,24,26);2*1H,(H,2,3)/t15-,18+,19+;;/m0../s1. The van der Waals surface area contributed by atoms with Crippen LogP contribution in [0.3, 0.4) is 0 Å². The van der Waals surface area contributed by atoms with Crippen LogP contribution in [0.15, 0.2) is 18.3 Å². The summed E-state index contributed by atoms with van der Waals surface area (Å²) in [5, 5.41) is 20.6. The molecule has 1 aromatic rings. The predicted octanol–water partition coefficient (Wildman–Crippen LogP) is 2.18. The molecule has 186 valence electrons. The van der Waals surface area contributed by atoms with Gasteiger partial charge in [0.15, 0.2) is 0 Å². The van der Waals surface area contributed by atoms with Crippen LogP contribution in [0.25, 0.3) is 0 Å². The maximum absolute atomic E-state index is 12.7. The molecule has 2 aliphatic carbocycles. The number of nitrogens with one attached hydrogen (secondary N) is 2. The Bertz CT molecular complexity index is 693. The summed E-state index contributed by atoms with van der Waals surface area (Å²) in [6, 6.07) is 4.60. The van der Waals surface area contributed by atoms with Crippen molar-refractivity contribution >= 4 is 24.7 Å². The molecule has 0 unspecified atom stereocenters. The number of hydrogen-bond acceptors (Lipinski definition) is 7. The van der Waals surface area contributed by atoms with Crippen molar-refractivity contribution < 1.29 is 29.3 Å². The van der Waals surface area contributed by atoms with Crippen LogP contribution in [0.1, 0.15) is 63.9 Å². The van der Waals surface area contributed by atoms with E-state index in [4.69, 9.17) is 30.3 Å². The fourth-order valence-electron chi connectivity index (χ4n) is 4.35. The van der Waals surface area contributed by atoms with Gasteiger partial charge in [-0.15, -0.1) is 0 Å². The molecule has 3 rings (SSSR count). The van der Waals surface area contributed by atoms with Crippen molar-refractivity contribution in [3.8, 4) is 0 Å². The Morgan fingerprint density at radius 2 is 1.88 bits per heavy atom. The molecule has 0 bridgehead atoms. The minimum Gasteiger partial charge on any atom is -0.483 e. The second kappa shape index (κ2) is 16.8. The number of aromatic nitrogens is 1. The average Bonchev–Trinajstić information content (AvgIpc) is 3.32. The molecule has 0 radical (unpaired) electrons. The number of nitrogen functional groups attached to an aromatic ring is 1. The second-order valence-electron chi connectivity index (χ2n) is 8.15. The normalized spacial score (nSPS) is 22.2. The van der Waals surface area contributed by atoms with Gasteiger partial charge in [-0.05, 0) is 44.6 Å². The van der Waals surface area contributed by atoms with Crippen molar-refractivity contribution in [3.05, 3.63) is 23.9 Å². The zero-order chi connectivity index (χ0) is 24.5. The number of hydrogen-bond donors (Lipinski definition) is 5. The molecular weight excluding hydrogens is 428 g/mol. The lowest BCUT2D eigenvalue weighted by atomic mass is 9.82. The number of anilines is 1. The first-order valence-electron chi connectivity index (χ1n) is 11.5. The Labute approximate surface area is 195 Å². The molecule has 0 aromatic carbocycles. The molecule has 3 atom stereocenters. The summed E-state index contributed by atoms with van der Waals surface area (Å²) in [7, 11) is 0. The third kappa shape index (κ3) is 10.6. The molecule has 0 saturated heterocycles. The Morgan fingerprint density at radius 3 is 2.48 bits per heavy atom. The number of pyridine rings is 1. The van der Waals surface area contributed by atoms with E-state index in [2.05, 4.69) is 22.5 Å². The van der Waals surface area contributed by atoms with Crippen molar-refractivity contribution in [1.82, 2.24) is 15.6 Å². The smallest absolute Gasteiger partial charge is 0.290 e. The quantitative estimate of drug-likeness (QED) is 0.361. The van der Waals surface area contributed by atoms with Gasteiger partial charge in [0.1, 0.15) is 5.82 Å². The van der Waals surface area contributed by atoms with Gasteiger partial charge in [0.05, 0.1) is 6.10 Å². The maximum Gasteiger partial charge on any atom is 0.290 e. The van der Waals surface area contributed by atoms with E-state index >= 15 is 0 Å². The molecule has 0 spiro atoms. The molecule has 6 N–H and O–H groups in total. The number of rotatable bonds is 8. The SMILES string of the molecule is CCCO[C@@H]1CC[C@H](C(=O)NCc2cccnc2N)C[C@H]1NC1CCCC1.O=CO.O=CO. The number of nitrogens with two attached hydrogens (primary N) is 1. The van der Waals surface area contributed by atoms with Gasteiger partial charge in [-0.3, -0.25) is 14.4 Å². The highest BCUT2D eigenvalue weighted by molar-refractivity contribution is 5.79. The van der Waals surface area contributed by atoms with Gasteiger partial charge in [0, 0.05) is 42.9 Å². The van der Waals surface area contributed by atoms with Gasteiger partial charge in [0.2, 0.25) is 5.91 Å². The molecule has 1 aromatic heterocycles. The molecule has 33 heavy (non-hydrogen) atoms. The predicted molar refractivity (Wildman–Crippen MR) is 124 cm³/mol. The van der Waals surface area contributed by atoms with Crippen molar-refractivity contribution in [2.24, 2.45) is 5.92 Å². The van der Waals surface area contributed by atoms with Crippen LogP contribution in [0.5, 0.6) is 0 Å². The zero-order valence-electron chi connectivity index (χ0n) is 19.3. The van der Waals surface area contributed by atoms with Crippen LogP contribution in [0.2, 0.25) is 0 Å². The lowest BCUT2D eigenvalue weighted by molar-refractivity contribution is -0.128. The second-order valence-corrected chi connectivity index (χ2v) is 8.15. The number of carbonyl (C=O) groups is 3. The Hall–Kier alpha value is -2.72. The van der Waals surface area contributed by atoms with E-state index in [1.807, 2.05) is 12.1 Å². The molecule has 1 heterocycles. The van der Waals surface area contributed by atoms with E-state index in [9.17, 15) is 4.79 Å². The number of carboxylic acid groups (broad SMARTS) is 2. The fraction of sp³-hybridized carbons (Fsp3) is 0.652. The highest BCUT2D eigenvalue weighted by Crippen LogP contribution is 2.29. The minimum atomic E-state index is -0.250. The first kappa shape index (κ1) is 28.3. The maximum atomic E-state index is 12.7. The molecule has 2 saturated carbocycles. The van der Waals surface area contributed by atoms with Gasteiger partial charge in [-0.1, -0.05) is 25.8 Å². The molecule has 2 fully saturated rings. The summed E-state index contributed by atoms with van der Waals surface area (Å²) < 4.78 is 6.11. The highest BCUT2D eigenvalue weighted by Gasteiger charge is 2.35. The van der Waals surface area contributed by atoms with E-state index in [-0.39, 0.29) is 36.9 Å². The summed E-state index contributed by atoms with van der Waals surface area (Å²) in [4.78, 5) is 33.5. The topological polar surface area (TPSA) is 164 Å². The van der Waals surface area contributed by atoms with E-state index in [0.29, 0.717) is 18.4 Å². The molecule has 10 nitrogen and oxygen atoms in total. The van der Waals surface area contributed by atoms with Gasteiger partial charge in [-0.2, -0.15) is 0 Å². The van der Waals surface area contributed by atoms with Crippen molar-refractivity contribution in [1.29, 1.82) is 0 Å². The molecule has 0 aliphatic heterocycles. The molecule has 1 amide bonds. The van der Waals surface area contributed by atoms with Crippen molar-refractivity contribution in [2.75, 3.05) is 12.3 Å². The summed E-state index contributed by atoms with van der Waals surface area (Å²) in [6.07, 6.45) is 10.7. The van der Waals surface area contributed by atoms with E-state index in [1.165, 1.54) is 25.7 Å². The monoisotopic (exact) mass is 466 g/mol. The Balaban J connectivity index is 0.000000819. The first-order chi connectivity index (χ1) is 16.0. The van der Waals surface area contributed by atoms with Crippen LogP contribution in [-0.2, 0) is 25.7 Å². The lowest BCUT2D eigenvalue weighted by Crippen LogP contribution is -2.51. The van der Waals surface area contributed by atoms with Crippen LogP contribution < -0.4 is 16.4 Å². The third-order valence-electron chi connectivity index (χ3n) is 5.88.